The second kappa shape index (κ2) is 7.29. The SMILES string of the molecule is COc1ccccc1C=CC(=O)N1CCCC(c2nc(C)no2)C1. The van der Waals surface area contributed by atoms with Crippen LogP contribution in [0.3, 0.4) is 0 Å². The normalized spacial score (nSPS) is 18.1. The Bertz CT molecular complexity index is 739. The Balaban J connectivity index is 1.67. The molecule has 126 valence electrons. The number of likely N-dealkylation sites (tertiary alicyclic amines) is 1. The minimum absolute atomic E-state index is 0.0122. The van der Waals surface area contributed by atoms with Crippen molar-refractivity contribution in [1.82, 2.24) is 15.0 Å². The molecule has 1 aliphatic heterocycles. The van der Waals surface area contributed by atoms with Gasteiger partial charge in [0.1, 0.15) is 5.75 Å². The topological polar surface area (TPSA) is 68.5 Å². The van der Waals surface area contributed by atoms with Gasteiger partial charge < -0.3 is 14.2 Å². The van der Waals surface area contributed by atoms with Gasteiger partial charge >= 0.3 is 0 Å². The summed E-state index contributed by atoms with van der Waals surface area (Å²) < 4.78 is 10.6. The van der Waals surface area contributed by atoms with E-state index in [4.69, 9.17) is 9.26 Å². The van der Waals surface area contributed by atoms with E-state index in [1.807, 2.05) is 29.2 Å². The number of para-hydroxylation sites is 1. The van der Waals surface area contributed by atoms with Gasteiger partial charge in [-0.1, -0.05) is 23.4 Å². The van der Waals surface area contributed by atoms with E-state index in [0.29, 0.717) is 18.3 Å². The first-order chi connectivity index (χ1) is 11.7. The number of aromatic nitrogens is 2. The molecule has 0 radical (unpaired) electrons. The lowest BCUT2D eigenvalue weighted by molar-refractivity contribution is -0.127. The summed E-state index contributed by atoms with van der Waals surface area (Å²) >= 11 is 0. The highest BCUT2D eigenvalue weighted by atomic mass is 16.5. The van der Waals surface area contributed by atoms with Gasteiger partial charge in [0, 0.05) is 24.7 Å². The summed E-state index contributed by atoms with van der Waals surface area (Å²) in [7, 11) is 1.62. The highest BCUT2D eigenvalue weighted by Gasteiger charge is 2.27. The van der Waals surface area contributed by atoms with Crippen LogP contribution in [-0.2, 0) is 4.79 Å². The molecule has 0 bridgehead atoms. The number of piperidine rings is 1. The fourth-order valence-corrected chi connectivity index (χ4v) is 2.93. The van der Waals surface area contributed by atoms with Crippen LogP contribution in [-0.4, -0.2) is 41.1 Å². The molecule has 1 unspecified atom stereocenters. The number of aryl methyl sites for hydroxylation is 1. The van der Waals surface area contributed by atoms with Crippen molar-refractivity contribution in [3.05, 3.63) is 47.6 Å². The molecule has 0 saturated carbocycles. The molecular weight excluding hydrogens is 306 g/mol. The summed E-state index contributed by atoms with van der Waals surface area (Å²) in [5, 5.41) is 3.84. The van der Waals surface area contributed by atoms with Crippen molar-refractivity contribution in [3.8, 4) is 5.75 Å². The zero-order valence-electron chi connectivity index (χ0n) is 13.9. The zero-order chi connectivity index (χ0) is 16.9. The fraction of sp³-hybridized carbons (Fsp3) is 0.389. The number of amides is 1. The number of hydrogen-bond acceptors (Lipinski definition) is 5. The quantitative estimate of drug-likeness (QED) is 0.808. The summed E-state index contributed by atoms with van der Waals surface area (Å²) in [6.45, 7) is 3.16. The van der Waals surface area contributed by atoms with Crippen LogP contribution in [0.15, 0.2) is 34.9 Å². The van der Waals surface area contributed by atoms with Gasteiger partial charge in [-0.3, -0.25) is 4.79 Å². The fourth-order valence-electron chi connectivity index (χ4n) is 2.93. The number of carbonyl (C=O) groups excluding carboxylic acids is 1. The number of ether oxygens (including phenoxy) is 1. The van der Waals surface area contributed by atoms with Crippen molar-refractivity contribution >= 4 is 12.0 Å². The van der Waals surface area contributed by atoms with Gasteiger partial charge in [-0.15, -0.1) is 0 Å². The van der Waals surface area contributed by atoms with E-state index in [9.17, 15) is 4.79 Å². The van der Waals surface area contributed by atoms with Crippen LogP contribution in [0, 0.1) is 6.92 Å². The Morgan fingerprint density at radius 2 is 2.25 bits per heavy atom. The molecule has 1 aromatic heterocycles. The molecule has 1 aromatic carbocycles. The Labute approximate surface area is 141 Å². The van der Waals surface area contributed by atoms with E-state index in [1.165, 1.54) is 0 Å². The molecule has 2 aromatic rings. The third-order valence-corrected chi connectivity index (χ3v) is 4.17. The highest BCUT2D eigenvalue weighted by molar-refractivity contribution is 5.92. The Morgan fingerprint density at radius 1 is 1.42 bits per heavy atom. The molecule has 1 amide bonds. The molecule has 0 N–H and O–H groups in total. The number of benzene rings is 1. The van der Waals surface area contributed by atoms with Crippen LogP contribution >= 0.6 is 0 Å². The average Bonchev–Trinajstić information content (AvgIpc) is 3.06. The Hall–Kier alpha value is -2.63. The van der Waals surface area contributed by atoms with Crippen molar-refractivity contribution in [1.29, 1.82) is 0 Å². The molecule has 24 heavy (non-hydrogen) atoms. The monoisotopic (exact) mass is 327 g/mol. The Morgan fingerprint density at radius 3 is 3.00 bits per heavy atom. The molecule has 1 atom stereocenters. The second-order valence-electron chi connectivity index (χ2n) is 5.88. The zero-order valence-corrected chi connectivity index (χ0v) is 13.9. The lowest BCUT2D eigenvalue weighted by Gasteiger charge is -2.30. The number of rotatable bonds is 4. The molecule has 6 nitrogen and oxygen atoms in total. The van der Waals surface area contributed by atoms with Gasteiger partial charge in [-0.2, -0.15) is 4.98 Å². The smallest absolute Gasteiger partial charge is 0.246 e. The first-order valence-corrected chi connectivity index (χ1v) is 8.07. The van der Waals surface area contributed by atoms with E-state index < -0.39 is 0 Å². The van der Waals surface area contributed by atoms with E-state index in [0.717, 1.165) is 30.7 Å². The highest BCUT2D eigenvalue weighted by Crippen LogP contribution is 2.26. The molecule has 1 aliphatic rings. The lowest BCUT2D eigenvalue weighted by Crippen LogP contribution is -2.38. The minimum Gasteiger partial charge on any atom is -0.496 e. The standard InChI is InChI=1S/C18H21N3O3/c1-13-19-18(24-20-13)15-7-5-11-21(12-15)17(22)10-9-14-6-3-4-8-16(14)23-2/h3-4,6,8-10,15H,5,7,11-12H2,1-2H3. The van der Waals surface area contributed by atoms with Crippen molar-refractivity contribution in [2.45, 2.75) is 25.7 Å². The maximum Gasteiger partial charge on any atom is 0.246 e. The van der Waals surface area contributed by atoms with E-state index in [2.05, 4.69) is 10.1 Å². The predicted molar refractivity (Wildman–Crippen MR) is 89.6 cm³/mol. The average molecular weight is 327 g/mol. The van der Waals surface area contributed by atoms with Crippen LogP contribution < -0.4 is 4.74 Å². The maximum absolute atomic E-state index is 12.5. The summed E-state index contributed by atoms with van der Waals surface area (Å²) in [6, 6.07) is 7.61. The van der Waals surface area contributed by atoms with Crippen molar-refractivity contribution in [3.63, 3.8) is 0 Å². The van der Waals surface area contributed by atoms with Gasteiger partial charge in [-0.05, 0) is 31.9 Å². The number of hydrogen-bond donors (Lipinski definition) is 0. The summed E-state index contributed by atoms with van der Waals surface area (Å²) in [6.07, 6.45) is 5.28. The van der Waals surface area contributed by atoms with Crippen LogP contribution in [0.4, 0.5) is 0 Å². The molecule has 1 saturated heterocycles. The van der Waals surface area contributed by atoms with Gasteiger partial charge in [0.25, 0.3) is 0 Å². The number of nitrogens with zero attached hydrogens (tertiary/aromatic N) is 3. The van der Waals surface area contributed by atoms with Gasteiger partial charge in [-0.25, -0.2) is 0 Å². The molecule has 0 spiro atoms. The Kier molecular flexibility index (Phi) is 4.93. The predicted octanol–water partition coefficient (Wildman–Crippen LogP) is 2.81. The largest absolute Gasteiger partial charge is 0.496 e. The van der Waals surface area contributed by atoms with Crippen molar-refractivity contribution in [2.24, 2.45) is 0 Å². The summed E-state index contributed by atoms with van der Waals surface area (Å²) in [4.78, 5) is 18.6. The molecule has 0 aliphatic carbocycles. The molecular formula is C18H21N3O3. The van der Waals surface area contributed by atoms with Gasteiger partial charge in [0.2, 0.25) is 11.8 Å². The van der Waals surface area contributed by atoms with Gasteiger partial charge in [0.05, 0.1) is 13.0 Å². The molecule has 1 fully saturated rings. The summed E-state index contributed by atoms with van der Waals surface area (Å²) in [5.41, 5.74) is 0.884. The first-order valence-electron chi connectivity index (χ1n) is 8.07. The second-order valence-corrected chi connectivity index (χ2v) is 5.88. The minimum atomic E-state index is -0.0122. The van der Waals surface area contributed by atoms with E-state index in [-0.39, 0.29) is 11.8 Å². The van der Waals surface area contributed by atoms with Crippen LogP contribution in [0.1, 0.15) is 36.0 Å². The van der Waals surface area contributed by atoms with Crippen molar-refractivity contribution in [2.75, 3.05) is 20.2 Å². The van der Waals surface area contributed by atoms with Crippen molar-refractivity contribution < 1.29 is 14.1 Å². The van der Waals surface area contributed by atoms with Gasteiger partial charge in [0.15, 0.2) is 5.82 Å². The third-order valence-electron chi connectivity index (χ3n) is 4.17. The lowest BCUT2D eigenvalue weighted by atomic mass is 9.98. The van der Waals surface area contributed by atoms with Crippen LogP contribution in [0.2, 0.25) is 0 Å². The third kappa shape index (κ3) is 3.64. The summed E-state index contributed by atoms with van der Waals surface area (Å²) in [5.74, 6) is 2.10. The first kappa shape index (κ1) is 16.2. The van der Waals surface area contributed by atoms with Crippen LogP contribution in [0.5, 0.6) is 5.75 Å². The van der Waals surface area contributed by atoms with Crippen LogP contribution in [0.25, 0.3) is 6.08 Å². The van der Waals surface area contributed by atoms with E-state index >= 15 is 0 Å². The van der Waals surface area contributed by atoms with E-state index in [1.54, 1.807) is 26.2 Å². The molecule has 3 rings (SSSR count). The maximum atomic E-state index is 12.5. The molecule has 6 heteroatoms. The molecule has 2 heterocycles. The number of methoxy groups -OCH3 is 1. The number of carbonyl (C=O) groups is 1.